The molecule has 1 aromatic heterocycles. The summed E-state index contributed by atoms with van der Waals surface area (Å²) in [6, 6.07) is 3.89. The Morgan fingerprint density at radius 2 is 2.12 bits per heavy atom. The summed E-state index contributed by atoms with van der Waals surface area (Å²) >= 11 is 0. The fraction of sp³-hybridized carbons (Fsp3) is 0.611. The third-order valence-electron chi connectivity index (χ3n) is 4.63. The van der Waals surface area contributed by atoms with E-state index in [9.17, 15) is 4.79 Å². The summed E-state index contributed by atoms with van der Waals surface area (Å²) in [4.78, 5) is 17.2. The number of nitrogens with zero attached hydrogens (tertiary/aromatic N) is 2. The lowest BCUT2D eigenvalue weighted by atomic mass is 9.75. The highest BCUT2D eigenvalue weighted by molar-refractivity contribution is 5.98. The second-order valence-corrected chi connectivity index (χ2v) is 7.33. The molecule has 0 unspecified atom stereocenters. The molecule has 0 N–H and O–H groups in total. The second kappa shape index (κ2) is 7.72. The number of ketones is 1. The van der Waals surface area contributed by atoms with Crippen molar-refractivity contribution >= 4 is 18.2 Å². The Kier molecular flexibility index (Phi) is 6.12. The summed E-state index contributed by atoms with van der Waals surface area (Å²) in [6.45, 7) is 8.09. The molecule has 0 aromatic carbocycles. The predicted octanol–water partition coefficient (Wildman–Crippen LogP) is 3.07. The van der Waals surface area contributed by atoms with E-state index in [0.29, 0.717) is 25.4 Å². The zero-order valence-corrected chi connectivity index (χ0v) is 15.5. The lowest BCUT2D eigenvalue weighted by Crippen LogP contribution is -2.48. The maximum atomic E-state index is 12.6. The summed E-state index contributed by atoms with van der Waals surface area (Å²) in [7, 11) is 1.72. The number of carbonyl (C=O) groups is 1. The number of ether oxygens (including phenoxy) is 1. The number of carbonyl (C=O) groups excluding carboxylic acids is 1. The first kappa shape index (κ1) is 19.0. The van der Waals surface area contributed by atoms with Crippen LogP contribution in [0.4, 0.5) is 0 Å². The van der Waals surface area contributed by atoms with Gasteiger partial charge in [0.15, 0.2) is 5.78 Å². The monoisotopic (exact) mass is 354 g/mol. The van der Waals surface area contributed by atoms with E-state index < -0.39 is 0 Å². The van der Waals surface area contributed by atoms with Gasteiger partial charge < -0.3 is 14.1 Å². The molecule has 1 aromatic rings. The van der Waals surface area contributed by atoms with E-state index in [1.165, 1.54) is 5.70 Å². The van der Waals surface area contributed by atoms with Crippen LogP contribution in [0.25, 0.3) is 0 Å². The van der Waals surface area contributed by atoms with Crippen LogP contribution in [-0.2, 0) is 16.1 Å². The van der Waals surface area contributed by atoms with E-state index in [1.54, 1.807) is 13.4 Å². The highest BCUT2D eigenvalue weighted by Gasteiger charge is 2.38. The van der Waals surface area contributed by atoms with E-state index in [4.69, 9.17) is 9.15 Å². The van der Waals surface area contributed by atoms with Gasteiger partial charge in [0.05, 0.1) is 26.1 Å². The molecule has 0 saturated heterocycles. The first-order valence-electron chi connectivity index (χ1n) is 8.22. The summed E-state index contributed by atoms with van der Waals surface area (Å²) in [6.07, 6.45) is 3.30. The van der Waals surface area contributed by atoms with E-state index in [0.717, 1.165) is 37.5 Å². The summed E-state index contributed by atoms with van der Waals surface area (Å²) in [5.74, 6) is 1.23. The molecule has 0 atom stereocenters. The van der Waals surface area contributed by atoms with Crippen molar-refractivity contribution in [2.75, 3.05) is 33.5 Å². The molecule has 1 aliphatic carbocycles. The van der Waals surface area contributed by atoms with Crippen LogP contribution in [0.5, 0.6) is 0 Å². The maximum absolute atomic E-state index is 12.6. The lowest BCUT2D eigenvalue weighted by Gasteiger charge is -2.44. The molecule has 2 heterocycles. The van der Waals surface area contributed by atoms with Crippen LogP contribution in [0.3, 0.4) is 0 Å². The van der Waals surface area contributed by atoms with Gasteiger partial charge in [0.25, 0.3) is 0 Å². The SMILES string of the molecule is COCCN1CN(Cc2ccco2)CC2=C1CC(C)(C)CC2=O.Cl. The molecule has 6 heteroatoms. The fourth-order valence-corrected chi connectivity index (χ4v) is 3.54. The van der Waals surface area contributed by atoms with Crippen LogP contribution < -0.4 is 0 Å². The third kappa shape index (κ3) is 4.21. The standard InChI is InChI=1S/C18H26N2O3.ClH/c1-18(2)9-16-15(17(21)10-18)12-19(11-14-5-4-7-23-14)13-20(16)6-8-22-3;/h4-5,7H,6,8-13H2,1-3H3;1H. The van der Waals surface area contributed by atoms with E-state index >= 15 is 0 Å². The number of methoxy groups -OCH3 is 1. The minimum atomic E-state index is 0. The predicted molar refractivity (Wildman–Crippen MR) is 94.9 cm³/mol. The normalized spacial score (nSPS) is 20.8. The Labute approximate surface area is 150 Å². The molecular formula is C18H27ClN2O3. The van der Waals surface area contributed by atoms with Gasteiger partial charge in [-0.05, 0) is 24.0 Å². The van der Waals surface area contributed by atoms with Crippen LogP contribution in [0.2, 0.25) is 0 Å². The molecule has 0 saturated carbocycles. The Hall–Kier alpha value is -1.30. The van der Waals surface area contributed by atoms with E-state index in [-0.39, 0.29) is 17.8 Å². The number of allylic oxidation sites excluding steroid dienone is 1. The van der Waals surface area contributed by atoms with Crippen molar-refractivity contribution in [3.8, 4) is 0 Å². The number of rotatable bonds is 5. The molecule has 0 spiro atoms. The van der Waals surface area contributed by atoms with Crippen molar-refractivity contribution in [1.82, 2.24) is 9.80 Å². The van der Waals surface area contributed by atoms with Crippen molar-refractivity contribution in [3.63, 3.8) is 0 Å². The fourth-order valence-electron chi connectivity index (χ4n) is 3.54. The molecule has 24 heavy (non-hydrogen) atoms. The Bertz CT molecular complexity index is 595. The van der Waals surface area contributed by atoms with Crippen LogP contribution in [-0.4, -0.2) is 49.1 Å². The van der Waals surface area contributed by atoms with Gasteiger partial charge in [-0.25, -0.2) is 0 Å². The molecular weight excluding hydrogens is 328 g/mol. The molecule has 2 aliphatic rings. The van der Waals surface area contributed by atoms with E-state index in [1.807, 2.05) is 12.1 Å². The molecule has 0 bridgehead atoms. The largest absolute Gasteiger partial charge is 0.468 e. The number of furan rings is 1. The van der Waals surface area contributed by atoms with Gasteiger partial charge in [-0.2, -0.15) is 0 Å². The third-order valence-corrected chi connectivity index (χ3v) is 4.63. The topological polar surface area (TPSA) is 45.9 Å². The Balaban J connectivity index is 0.00000208. The minimum Gasteiger partial charge on any atom is -0.468 e. The van der Waals surface area contributed by atoms with Crippen molar-refractivity contribution < 1.29 is 13.9 Å². The van der Waals surface area contributed by atoms with Gasteiger partial charge in [0.2, 0.25) is 0 Å². The first-order valence-corrected chi connectivity index (χ1v) is 8.22. The average Bonchev–Trinajstić information content (AvgIpc) is 2.98. The summed E-state index contributed by atoms with van der Waals surface area (Å²) < 4.78 is 10.7. The maximum Gasteiger partial charge on any atom is 0.162 e. The lowest BCUT2D eigenvalue weighted by molar-refractivity contribution is -0.119. The highest BCUT2D eigenvalue weighted by Crippen LogP contribution is 2.40. The molecule has 0 amide bonds. The Morgan fingerprint density at radius 1 is 1.33 bits per heavy atom. The molecule has 5 nitrogen and oxygen atoms in total. The van der Waals surface area contributed by atoms with Gasteiger partial charge in [0, 0.05) is 37.9 Å². The molecule has 0 fully saturated rings. The molecule has 3 rings (SSSR count). The van der Waals surface area contributed by atoms with Gasteiger partial charge in [-0.15, -0.1) is 12.4 Å². The van der Waals surface area contributed by atoms with Crippen LogP contribution in [0, 0.1) is 5.41 Å². The summed E-state index contributed by atoms with van der Waals surface area (Å²) in [5, 5.41) is 0. The zero-order valence-electron chi connectivity index (χ0n) is 14.7. The molecule has 1 aliphatic heterocycles. The van der Waals surface area contributed by atoms with Crippen molar-refractivity contribution in [2.24, 2.45) is 5.41 Å². The van der Waals surface area contributed by atoms with Crippen molar-refractivity contribution in [3.05, 3.63) is 35.4 Å². The minimum absolute atomic E-state index is 0. The second-order valence-electron chi connectivity index (χ2n) is 7.33. The number of hydrogen-bond acceptors (Lipinski definition) is 5. The number of halogens is 1. The van der Waals surface area contributed by atoms with Gasteiger partial charge >= 0.3 is 0 Å². The summed E-state index contributed by atoms with van der Waals surface area (Å²) in [5.41, 5.74) is 2.25. The van der Waals surface area contributed by atoms with Gasteiger partial charge in [0.1, 0.15) is 5.76 Å². The average molecular weight is 355 g/mol. The van der Waals surface area contributed by atoms with Crippen molar-refractivity contribution in [2.45, 2.75) is 33.2 Å². The van der Waals surface area contributed by atoms with Crippen LogP contribution in [0.15, 0.2) is 34.1 Å². The zero-order chi connectivity index (χ0) is 16.4. The van der Waals surface area contributed by atoms with Crippen LogP contribution >= 0.6 is 12.4 Å². The molecule has 134 valence electrons. The smallest absolute Gasteiger partial charge is 0.162 e. The molecule has 0 radical (unpaired) electrons. The van der Waals surface area contributed by atoms with Crippen molar-refractivity contribution in [1.29, 1.82) is 0 Å². The first-order chi connectivity index (χ1) is 11.0. The number of Topliss-reactive ketones (excluding diaryl/α,β-unsaturated/α-hetero) is 1. The van der Waals surface area contributed by atoms with Gasteiger partial charge in [-0.3, -0.25) is 9.69 Å². The quantitative estimate of drug-likeness (QED) is 0.813. The number of hydrogen-bond donors (Lipinski definition) is 0. The van der Waals surface area contributed by atoms with Gasteiger partial charge in [-0.1, -0.05) is 13.8 Å². The Morgan fingerprint density at radius 3 is 2.79 bits per heavy atom. The van der Waals surface area contributed by atoms with Crippen LogP contribution in [0.1, 0.15) is 32.4 Å². The van der Waals surface area contributed by atoms with E-state index in [2.05, 4.69) is 23.6 Å². The highest BCUT2D eigenvalue weighted by atomic mass is 35.5.